The highest BCUT2D eigenvalue weighted by Gasteiger charge is 2.07. The third-order valence-electron chi connectivity index (χ3n) is 3.43. The van der Waals surface area contributed by atoms with Crippen molar-refractivity contribution in [3.63, 3.8) is 0 Å². The minimum Gasteiger partial charge on any atom is -0.384 e. The summed E-state index contributed by atoms with van der Waals surface area (Å²) in [6.45, 7) is 8.93. The number of hydrogen-bond donors (Lipinski definition) is 2. The van der Waals surface area contributed by atoms with Gasteiger partial charge in [0.25, 0.3) is 0 Å². The van der Waals surface area contributed by atoms with Crippen LogP contribution in [-0.4, -0.2) is 16.5 Å². The maximum Gasteiger partial charge on any atom is 0.126 e. The van der Waals surface area contributed by atoms with E-state index in [0.717, 1.165) is 47.6 Å². The van der Waals surface area contributed by atoms with Gasteiger partial charge in [-0.25, -0.2) is 9.97 Å². The van der Waals surface area contributed by atoms with E-state index in [0.29, 0.717) is 5.82 Å². The third kappa shape index (κ3) is 3.81. The highest BCUT2D eigenvalue weighted by atomic mass is 15.0. The van der Waals surface area contributed by atoms with Crippen molar-refractivity contribution in [3.05, 3.63) is 48.2 Å². The van der Waals surface area contributed by atoms with Gasteiger partial charge in [-0.3, -0.25) is 0 Å². The number of aromatic nitrogens is 2. The van der Waals surface area contributed by atoms with Gasteiger partial charge in [-0.15, -0.1) is 0 Å². The maximum atomic E-state index is 5.81. The Hall–Kier alpha value is -2.36. The fourth-order valence-electron chi connectivity index (χ4n) is 2.04. The van der Waals surface area contributed by atoms with Crippen molar-refractivity contribution in [3.8, 4) is 11.3 Å². The number of nitrogens with two attached hydrogens (primary N) is 1. The quantitative estimate of drug-likeness (QED) is 0.793. The summed E-state index contributed by atoms with van der Waals surface area (Å²) in [6.07, 6.45) is 3.69. The Balaban J connectivity index is 2.28. The molecule has 21 heavy (non-hydrogen) atoms. The van der Waals surface area contributed by atoms with Gasteiger partial charge in [0, 0.05) is 18.3 Å². The Bertz CT molecular complexity index is 634. The SMILES string of the molecule is C=C(CC)CNc1cccc(-c2cc(N)ncc2CC)n1. The van der Waals surface area contributed by atoms with Crippen LogP contribution < -0.4 is 11.1 Å². The van der Waals surface area contributed by atoms with Crippen molar-refractivity contribution in [2.75, 3.05) is 17.6 Å². The lowest BCUT2D eigenvalue weighted by Gasteiger charge is -2.11. The van der Waals surface area contributed by atoms with E-state index in [-0.39, 0.29) is 0 Å². The first-order valence-electron chi connectivity index (χ1n) is 7.26. The second-order valence-electron chi connectivity index (χ2n) is 4.99. The molecule has 0 unspecified atom stereocenters. The lowest BCUT2D eigenvalue weighted by atomic mass is 10.0. The number of rotatable bonds is 6. The monoisotopic (exact) mass is 282 g/mol. The van der Waals surface area contributed by atoms with Crippen LogP contribution in [0.4, 0.5) is 11.6 Å². The topological polar surface area (TPSA) is 63.8 Å². The molecule has 0 aliphatic heterocycles. The molecule has 0 radical (unpaired) electrons. The summed E-state index contributed by atoms with van der Waals surface area (Å²) in [7, 11) is 0. The van der Waals surface area contributed by atoms with Crippen LogP contribution in [0.3, 0.4) is 0 Å². The second kappa shape index (κ2) is 6.88. The van der Waals surface area contributed by atoms with E-state index in [1.54, 1.807) is 0 Å². The first kappa shape index (κ1) is 15.0. The number of anilines is 2. The fraction of sp³-hybridized carbons (Fsp3) is 0.294. The number of pyridine rings is 2. The van der Waals surface area contributed by atoms with Crippen LogP contribution in [0, 0.1) is 0 Å². The van der Waals surface area contributed by atoms with Crippen molar-refractivity contribution in [1.82, 2.24) is 9.97 Å². The molecule has 0 aliphatic carbocycles. The smallest absolute Gasteiger partial charge is 0.126 e. The summed E-state index contributed by atoms with van der Waals surface area (Å²) in [5.41, 5.74) is 10.1. The van der Waals surface area contributed by atoms with Gasteiger partial charge in [-0.2, -0.15) is 0 Å². The van der Waals surface area contributed by atoms with E-state index in [1.807, 2.05) is 30.5 Å². The molecule has 0 fully saturated rings. The normalized spacial score (nSPS) is 10.4. The summed E-state index contributed by atoms with van der Waals surface area (Å²) in [4.78, 5) is 8.82. The molecule has 110 valence electrons. The van der Waals surface area contributed by atoms with Gasteiger partial charge in [0.05, 0.1) is 5.69 Å². The zero-order chi connectivity index (χ0) is 15.2. The average Bonchev–Trinajstić information content (AvgIpc) is 2.52. The Morgan fingerprint density at radius 3 is 2.86 bits per heavy atom. The van der Waals surface area contributed by atoms with Crippen LogP contribution in [0.5, 0.6) is 0 Å². The maximum absolute atomic E-state index is 5.81. The molecule has 0 aliphatic rings. The summed E-state index contributed by atoms with van der Waals surface area (Å²) in [5.74, 6) is 1.36. The average molecular weight is 282 g/mol. The van der Waals surface area contributed by atoms with E-state index in [1.165, 1.54) is 0 Å². The first-order chi connectivity index (χ1) is 10.1. The Kier molecular flexibility index (Phi) is 4.93. The zero-order valence-electron chi connectivity index (χ0n) is 12.7. The molecule has 2 aromatic rings. The van der Waals surface area contributed by atoms with Crippen molar-refractivity contribution in [1.29, 1.82) is 0 Å². The van der Waals surface area contributed by atoms with E-state index < -0.39 is 0 Å². The van der Waals surface area contributed by atoms with E-state index >= 15 is 0 Å². The molecule has 0 bridgehead atoms. The molecule has 4 heteroatoms. The van der Waals surface area contributed by atoms with Gasteiger partial charge in [0.2, 0.25) is 0 Å². The van der Waals surface area contributed by atoms with Crippen molar-refractivity contribution in [2.45, 2.75) is 26.7 Å². The molecule has 0 saturated heterocycles. The molecule has 0 spiro atoms. The molecule has 0 aromatic carbocycles. The van der Waals surface area contributed by atoms with E-state index in [2.05, 4.69) is 35.7 Å². The second-order valence-corrected chi connectivity index (χ2v) is 4.99. The predicted molar refractivity (Wildman–Crippen MR) is 89.2 cm³/mol. The van der Waals surface area contributed by atoms with Crippen LogP contribution in [0.2, 0.25) is 0 Å². The summed E-state index contributed by atoms with van der Waals surface area (Å²) in [5, 5.41) is 3.30. The highest BCUT2D eigenvalue weighted by Crippen LogP contribution is 2.24. The molecule has 3 N–H and O–H groups in total. The molecule has 2 rings (SSSR count). The van der Waals surface area contributed by atoms with Gasteiger partial charge in [0.15, 0.2) is 0 Å². The molecular formula is C17H22N4. The van der Waals surface area contributed by atoms with Crippen LogP contribution in [-0.2, 0) is 6.42 Å². The summed E-state index contributed by atoms with van der Waals surface area (Å²) < 4.78 is 0. The summed E-state index contributed by atoms with van der Waals surface area (Å²) in [6, 6.07) is 7.84. The van der Waals surface area contributed by atoms with Crippen molar-refractivity contribution in [2.24, 2.45) is 0 Å². The standard InChI is InChI=1S/C17H22N4/c1-4-12(3)10-20-17-8-6-7-15(21-17)14-9-16(18)19-11-13(14)5-2/h6-9,11H,3-5,10H2,1-2H3,(H2,18,19)(H,20,21). The van der Waals surface area contributed by atoms with Gasteiger partial charge in [0.1, 0.15) is 11.6 Å². The van der Waals surface area contributed by atoms with E-state index in [9.17, 15) is 0 Å². The van der Waals surface area contributed by atoms with Crippen LogP contribution in [0.15, 0.2) is 42.6 Å². The molecule has 0 amide bonds. The Labute approximate surface area is 126 Å². The minimum absolute atomic E-state index is 0.515. The molecule has 2 heterocycles. The molecule has 4 nitrogen and oxygen atoms in total. The van der Waals surface area contributed by atoms with Crippen molar-refractivity contribution >= 4 is 11.6 Å². The molecule has 0 saturated carbocycles. The minimum atomic E-state index is 0.515. The Morgan fingerprint density at radius 1 is 1.33 bits per heavy atom. The predicted octanol–water partition coefficient (Wildman–Crippen LogP) is 3.67. The fourth-order valence-corrected chi connectivity index (χ4v) is 2.04. The van der Waals surface area contributed by atoms with E-state index in [4.69, 9.17) is 5.73 Å². The van der Waals surface area contributed by atoms with Gasteiger partial charge in [-0.1, -0.05) is 32.1 Å². The number of aryl methyl sites for hydroxylation is 1. The largest absolute Gasteiger partial charge is 0.384 e. The summed E-state index contributed by atoms with van der Waals surface area (Å²) >= 11 is 0. The molecule has 0 atom stereocenters. The third-order valence-corrected chi connectivity index (χ3v) is 3.43. The van der Waals surface area contributed by atoms with Gasteiger partial charge in [-0.05, 0) is 36.6 Å². The lowest BCUT2D eigenvalue weighted by Crippen LogP contribution is -2.05. The van der Waals surface area contributed by atoms with Crippen LogP contribution in [0.25, 0.3) is 11.3 Å². The zero-order valence-corrected chi connectivity index (χ0v) is 12.7. The highest BCUT2D eigenvalue weighted by molar-refractivity contribution is 5.67. The number of hydrogen-bond acceptors (Lipinski definition) is 4. The lowest BCUT2D eigenvalue weighted by molar-refractivity contribution is 1.04. The number of nitrogens with zero attached hydrogens (tertiary/aromatic N) is 2. The molecular weight excluding hydrogens is 260 g/mol. The van der Waals surface area contributed by atoms with Crippen LogP contribution in [0.1, 0.15) is 25.8 Å². The van der Waals surface area contributed by atoms with Gasteiger partial charge >= 0.3 is 0 Å². The number of nitrogens with one attached hydrogen (secondary N) is 1. The van der Waals surface area contributed by atoms with Crippen molar-refractivity contribution < 1.29 is 0 Å². The first-order valence-corrected chi connectivity index (χ1v) is 7.26. The van der Waals surface area contributed by atoms with Crippen LogP contribution >= 0.6 is 0 Å². The Morgan fingerprint density at radius 2 is 2.14 bits per heavy atom. The van der Waals surface area contributed by atoms with Gasteiger partial charge < -0.3 is 11.1 Å². The number of nitrogen functional groups attached to an aromatic ring is 1. The molecule has 2 aromatic heterocycles.